The highest BCUT2D eigenvalue weighted by atomic mass is 16.4. The van der Waals surface area contributed by atoms with Crippen molar-refractivity contribution in [3.05, 3.63) is 72.2 Å². The Bertz CT molecular complexity index is 1620. The quantitative estimate of drug-likeness (QED) is 0.173. The summed E-state index contributed by atoms with van der Waals surface area (Å²) in [5.41, 5.74) is 3.60. The number of amides is 2. The predicted octanol–water partition coefficient (Wildman–Crippen LogP) is 4.00. The minimum Gasteiger partial charge on any atom is -0.480 e. The van der Waals surface area contributed by atoms with Crippen molar-refractivity contribution < 1.29 is 38.9 Å². The van der Waals surface area contributed by atoms with Crippen LogP contribution < -0.4 is 10.6 Å². The molecular weight excluding hydrogens is 556 g/mol. The number of imidazole rings is 1. The SMILES string of the molecule is O=C(C[C@H](O)C(=O)O)Nc1ccc(C[C@H](NC(=O)c2ccc3c(c2)nc(-c2ccoc2)n3C2CCCCC2)C(=O)O)cc1. The van der Waals surface area contributed by atoms with E-state index in [4.69, 9.17) is 14.5 Å². The first-order chi connectivity index (χ1) is 20.7. The largest absolute Gasteiger partial charge is 0.480 e. The Labute approximate surface area is 246 Å². The molecule has 0 unspecified atom stereocenters. The summed E-state index contributed by atoms with van der Waals surface area (Å²) < 4.78 is 7.53. The number of nitrogens with one attached hydrogen (secondary N) is 2. The van der Waals surface area contributed by atoms with Crippen LogP contribution in [0.2, 0.25) is 0 Å². The van der Waals surface area contributed by atoms with E-state index >= 15 is 0 Å². The van der Waals surface area contributed by atoms with E-state index in [2.05, 4.69) is 15.2 Å². The molecule has 0 bridgehead atoms. The fourth-order valence-corrected chi connectivity index (χ4v) is 5.42. The van der Waals surface area contributed by atoms with E-state index in [1.807, 2.05) is 12.1 Å². The minimum atomic E-state index is -1.81. The van der Waals surface area contributed by atoms with Crippen molar-refractivity contribution in [1.29, 1.82) is 0 Å². The number of rotatable bonds is 11. The average molecular weight is 589 g/mol. The smallest absolute Gasteiger partial charge is 0.333 e. The average Bonchev–Trinajstić information content (AvgIpc) is 3.66. The zero-order chi connectivity index (χ0) is 30.5. The summed E-state index contributed by atoms with van der Waals surface area (Å²) in [6.07, 6.45) is 6.38. The van der Waals surface area contributed by atoms with Gasteiger partial charge in [-0.25, -0.2) is 14.6 Å². The molecule has 5 rings (SSSR count). The van der Waals surface area contributed by atoms with Gasteiger partial charge in [0.25, 0.3) is 5.91 Å². The summed E-state index contributed by atoms with van der Waals surface area (Å²) in [7, 11) is 0. The molecule has 0 aliphatic heterocycles. The second-order valence-corrected chi connectivity index (χ2v) is 10.7. The molecule has 1 aliphatic rings. The molecule has 2 heterocycles. The molecule has 12 nitrogen and oxygen atoms in total. The van der Waals surface area contributed by atoms with Crippen molar-refractivity contribution in [2.24, 2.45) is 0 Å². The number of nitrogens with zero attached hydrogens (tertiary/aromatic N) is 2. The van der Waals surface area contributed by atoms with Crippen LogP contribution in [0.4, 0.5) is 5.69 Å². The van der Waals surface area contributed by atoms with Crippen molar-refractivity contribution in [1.82, 2.24) is 14.9 Å². The highest BCUT2D eigenvalue weighted by Crippen LogP contribution is 2.36. The molecule has 2 aromatic carbocycles. The van der Waals surface area contributed by atoms with Crippen LogP contribution in [0.1, 0.15) is 60.5 Å². The Morgan fingerprint density at radius 3 is 2.37 bits per heavy atom. The third-order valence-electron chi connectivity index (χ3n) is 7.62. The van der Waals surface area contributed by atoms with Crippen LogP contribution in [0.25, 0.3) is 22.4 Å². The molecule has 2 aromatic heterocycles. The number of carbonyl (C=O) groups excluding carboxylic acids is 2. The molecule has 224 valence electrons. The summed E-state index contributed by atoms with van der Waals surface area (Å²) in [6, 6.07) is 12.3. The third kappa shape index (κ3) is 6.92. The molecular formula is C31H32N4O8. The molecule has 1 saturated carbocycles. The van der Waals surface area contributed by atoms with Crippen LogP contribution in [0.15, 0.2) is 65.5 Å². The van der Waals surface area contributed by atoms with Crippen molar-refractivity contribution in [2.45, 2.75) is 63.1 Å². The maximum atomic E-state index is 13.2. The number of carboxylic acids is 2. The van der Waals surface area contributed by atoms with Gasteiger partial charge in [0.15, 0.2) is 6.10 Å². The number of furan rings is 1. The van der Waals surface area contributed by atoms with Crippen molar-refractivity contribution in [2.75, 3.05) is 5.32 Å². The third-order valence-corrected chi connectivity index (χ3v) is 7.62. The zero-order valence-corrected chi connectivity index (χ0v) is 23.2. The molecule has 5 N–H and O–H groups in total. The van der Waals surface area contributed by atoms with E-state index in [0.29, 0.717) is 16.8 Å². The van der Waals surface area contributed by atoms with Gasteiger partial charge < -0.3 is 34.9 Å². The van der Waals surface area contributed by atoms with Gasteiger partial charge in [0.05, 0.1) is 29.3 Å². The molecule has 43 heavy (non-hydrogen) atoms. The van der Waals surface area contributed by atoms with Gasteiger partial charge in [0.2, 0.25) is 5.91 Å². The van der Waals surface area contributed by atoms with Crippen LogP contribution in [0.3, 0.4) is 0 Å². The van der Waals surface area contributed by atoms with E-state index in [-0.39, 0.29) is 18.0 Å². The molecule has 0 spiro atoms. The first-order valence-electron chi connectivity index (χ1n) is 14.1. The van der Waals surface area contributed by atoms with Crippen molar-refractivity contribution in [3.63, 3.8) is 0 Å². The van der Waals surface area contributed by atoms with Crippen molar-refractivity contribution in [3.8, 4) is 11.4 Å². The Kier molecular flexibility index (Phi) is 8.86. The lowest BCUT2D eigenvalue weighted by molar-refractivity contribution is -0.148. The van der Waals surface area contributed by atoms with Crippen LogP contribution in [0.5, 0.6) is 0 Å². The molecule has 12 heteroatoms. The molecule has 1 fully saturated rings. The molecule has 2 atom stereocenters. The molecule has 2 amide bonds. The first kappa shape index (κ1) is 29.5. The highest BCUT2D eigenvalue weighted by Gasteiger charge is 2.25. The number of aromatic nitrogens is 2. The van der Waals surface area contributed by atoms with Gasteiger partial charge in [-0.3, -0.25) is 9.59 Å². The van der Waals surface area contributed by atoms with Gasteiger partial charge in [-0.05, 0) is 54.8 Å². The molecule has 1 aliphatic carbocycles. The summed E-state index contributed by atoms with van der Waals surface area (Å²) in [5, 5.41) is 32.9. The number of carboxylic acid groups (broad SMARTS) is 2. The van der Waals surface area contributed by atoms with Crippen LogP contribution in [-0.2, 0) is 20.8 Å². The molecule has 0 saturated heterocycles. The summed E-state index contributed by atoms with van der Waals surface area (Å²) >= 11 is 0. The standard InChI is InChI=1S/C31H32N4O8/c36-26(31(41)42)16-27(37)32-21-9-6-18(7-10-21)14-24(30(39)40)34-29(38)19-8-11-25-23(15-19)33-28(20-12-13-43-17-20)35(25)22-4-2-1-3-5-22/h6-13,15,17,22,24,26,36H,1-5,14,16H2,(H,32,37)(H,34,38)(H,39,40)(H,41,42)/t24-,26-/m0/s1. The Hall–Kier alpha value is -4.97. The van der Waals surface area contributed by atoms with E-state index in [0.717, 1.165) is 42.6 Å². The van der Waals surface area contributed by atoms with E-state index in [9.17, 15) is 29.4 Å². The monoisotopic (exact) mass is 588 g/mol. The number of aliphatic carboxylic acids is 2. The van der Waals surface area contributed by atoms with Gasteiger partial charge in [-0.15, -0.1) is 0 Å². The topological polar surface area (TPSA) is 184 Å². The Morgan fingerprint density at radius 1 is 0.977 bits per heavy atom. The lowest BCUT2D eigenvalue weighted by Crippen LogP contribution is -2.42. The summed E-state index contributed by atoms with van der Waals surface area (Å²) in [5.74, 6) is -3.17. The fourth-order valence-electron chi connectivity index (χ4n) is 5.42. The second kappa shape index (κ2) is 12.9. The van der Waals surface area contributed by atoms with Crippen LogP contribution >= 0.6 is 0 Å². The minimum absolute atomic E-state index is 0.0176. The lowest BCUT2D eigenvalue weighted by Gasteiger charge is -2.25. The highest BCUT2D eigenvalue weighted by molar-refractivity contribution is 5.99. The number of aliphatic hydroxyl groups excluding tert-OH is 1. The van der Waals surface area contributed by atoms with Gasteiger partial charge in [0.1, 0.15) is 18.1 Å². The van der Waals surface area contributed by atoms with E-state index < -0.39 is 42.3 Å². The lowest BCUT2D eigenvalue weighted by atomic mass is 9.95. The summed E-state index contributed by atoms with van der Waals surface area (Å²) in [4.78, 5) is 52.7. The number of hydrogen-bond donors (Lipinski definition) is 5. The Balaban J connectivity index is 1.29. The number of hydrogen-bond acceptors (Lipinski definition) is 7. The van der Waals surface area contributed by atoms with Gasteiger partial charge in [0, 0.05) is 23.7 Å². The van der Waals surface area contributed by atoms with Crippen LogP contribution in [0, 0.1) is 0 Å². The number of anilines is 1. The van der Waals surface area contributed by atoms with E-state index in [1.54, 1.807) is 36.8 Å². The fraction of sp³-hybridized carbons (Fsp3) is 0.323. The number of benzene rings is 2. The predicted molar refractivity (Wildman–Crippen MR) is 155 cm³/mol. The number of fused-ring (bicyclic) bond motifs is 1. The second-order valence-electron chi connectivity index (χ2n) is 10.7. The normalized spacial score (nSPS) is 15.1. The number of aliphatic hydroxyl groups is 1. The first-order valence-corrected chi connectivity index (χ1v) is 14.1. The molecule has 4 aromatic rings. The van der Waals surface area contributed by atoms with Gasteiger partial charge >= 0.3 is 11.9 Å². The Morgan fingerprint density at radius 2 is 1.72 bits per heavy atom. The number of carbonyl (C=O) groups is 4. The van der Waals surface area contributed by atoms with E-state index in [1.165, 1.54) is 18.6 Å². The van der Waals surface area contributed by atoms with Gasteiger partial charge in [-0.1, -0.05) is 31.4 Å². The maximum absolute atomic E-state index is 13.2. The zero-order valence-electron chi connectivity index (χ0n) is 23.2. The van der Waals surface area contributed by atoms with Crippen molar-refractivity contribution >= 4 is 40.5 Å². The maximum Gasteiger partial charge on any atom is 0.333 e. The summed E-state index contributed by atoms with van der Waals surface area (Å²) in [6.45, 7) is 0. The van der Waals surface area contributed by atoms with Crippen LogP contribution in [-0.4, -0.2) is 60.8 Å². The molecule has 0 radical (unpaired) electrons. The van der Waals surface area contributed by atoms with Gasteiger partial charge in [-0.2, -0.15) is 0 Å².